The van der Waals surface area contributed by atoms with Crippen molar-refractivity contribution in [1.29, 1.82) is 0 Å². The minimum atomic E-state index is -0.0234. The summed E-state index contributed by atoms with van der Waals surface area (Å²) in [6, 6.07) is 0. The average Bonchev–Trinajstić information content (AvgIpc) is 2.26. The largest absolute Gasteiger partial charge is 0.394 e. The Labute approximate surface area is 98.8 Å². The Kier molecular flexibility index (Phi) is 5.18. The zero-order chi connectivity index (χ0) is 12.2. The van der Waals surface area contributed by atoms with Crippen LogP contribution in [0.15, 0.2) is 0 Å². The molecular weight excluding hydrogens is 204 g/mol. The number of rotatable bonds is 5. The normalized spacial score (nSPS) is 28.3. The first-order valence-electron chi connectivity index (χ1n) is 6.15. The van der Waals surface area contributed by atoms with Crippen molar-refractivity contribution in [2.24, 2.45) is 11.1 Å². The van der Waals surface area contributed by atoms with E-state index in [4.69, 9.17) is 15.6 Å². The Morgan fingerprint density at radius 3 is 2.69 bits per heavy atom. The van der Waals surface area contributed by atoms with E-state index in [9.17, 15) is 0 Å². The van der Waals surface area contributed by atoms with E-state index in [1.165, 1.54) is 0 Å². The third-order valence-electron chi connectivity index (χ3n) is 3.26. The van der Waals surface area contributed by atoms with E-state index in [1.54, 1.807) is 0 Å². The molecule has 2 unspecified atom stereocenters. The number of nitrogens with two attached hydrogens (primary N) is 1. The Bertz CT molecular complexity index is 209. The molecule has 0 amide bonds. The van der Waals surface area contributed by atoms with Gasteiger partial charge in [-0.15, -0.1) is 0 Å². The molecule has 0 aromatic rings. The van der Waals surface area contributed by atoms with Crippen LogP contribution in [0.3, 0.4) is 0 Å². The van der Waals surface area contributed by atoms with Crippen LogP contribution < -0.4 is 5.73 Å². The van der Waals surface area contributed by atoms with Gasteiger partial charge >= 0.3 is 0 Å². The van der Waals surface area contributed by atoms with Gasteiger partial charge in [0.15, 0.2) is 0 Å². The standard InChI is InChI=1S/C12H26N2O2/c1-10-6-14(7-11(8-15)16-10)5-4-12(2,3)9-13/h10-11,15H,4-9,13H2,1-3H3. The van der Waals surface area contributed by atoms with Crippen molar-refractivity contribution < 1.29 is 9.84 Å². The molecule has 4 nitrogen and oxygen atoms in total. The van der Waals surface area contributed by atoms with Gasteiger partial charge in [0.1, 0.15) is 0 Å². The van der Waals surface area contributed by atoms with Gasteiger partial charge in [0.25, 0.3) is 0 Å². The van der Waals surface area contributed by atoms with Crippen molar-refractivity contribution >= 4 is 0 Å². The fourth-order valence-corrected chi connectivity index (χ4v) is 1.99. The van der Waals surface area contributed by atoms with E-state index in [-0.39, 0.29) is 24.2 Å². The molecule has 1 fully saturated rings. The van der Waals surface area contributed by atoms with Crippen LogP contribution in [0.1, 0.15) is 27.2 Å². The third kappa shape index (κ3) is 4.37. The van der Waals surface area contributed by atoms with Gasteiger partial charge in [-0.3, -0.25) is 4.90 Å². The van der Waals surface area contributed by atoms with Crippen molar-refractivity contribution in [2.75, 3.05) is 32.8 Å². The number of aliphatic hydroxyl groups is 1. The summed E-state index contributed by atoms with van der Waals surface area (Å²) in [5.41, 5.74) is 5.92. The molecule has 0 aliphatic carbocycles. The van der Waals surface area contributed by atoms with Crippen molar-refractivity contribution in [2.45, 2.75) is 39.4 Å². The van der Waals surface area contributed by atoms with Gasteiger partial charge in [-0.05, 0) is 31.8 Å². The molecule has 0 spiro atoms. The van der Waals surface area contributed by atoms with Crippen LogP contribution in [0.5, 0.6) is 0 Å². The summed E-state index contributed by atoms with van der Waals surface area (Å²) < 4.78 is 5.61. The number of nitrogens with zero attached hydrogens (tertiary/aromatic N) is 1. The average molecular weight is 230 g/mol. The number of ether oxygens (including phenoxy) is 1. The molecule has 16 heavy (non-hydrogen) atoms. The molecule has 96 valence electrons. The maximum absolute atomic E-state index is 9.13. The maximum atomic E-state index is 9.13. The van der Waals surface area contributed by atoms with Gasteiger partial charge < -0.3 is 15.6 Å². The van der Waals surface area contributed by atoms with Crippen LogP contribution >= 0.6 is 0 Å². The van der Waals surface area contributed by atoms with Crippen LogP contribution in [-0.4, -0.2) is 55.0 Å². The highest BCUT2D eigenvalue weighted by Crippen LogP contribution is 2.20. The van der Waals surface area contributed by atoms with Gasteiger partial charge in [-0.2, -0.15) is 0 Å². The molecule has 0 aromatic carbocycles. The number of hydrogen-bond donors (Lipinski definition) is 2. The lowest BCUT2D eigenvalue weighted by molar-refractivity contribution is -0.0965. The molecule has 0 saturated carbocycles. The van der Waals surface area contributed by atoms with Gasteiger partial charge in [0.2, 0.25) is 0 Å². The van der Waals surface area contributed by atoms with Crippen LogP contribution in [0.25, 0.3) is 0 Å². The molecule has 1 aliphatic rings. The van der Waals surface area contributed by atoms with Crippen LogP contribution in [0.2, 0.25) is 0 Å². The second-order valence-electron chi connectivity index (χ2n) is 5.63. The molecule has 0 bridgehead atoms. The van der Waals surface area contributed by atoms with Crippen LogP contribution in [0.4, 0.5) is 0 Å². The summed E-state index contributed by atoms with van der Waals surface area (Å²) in [4.78, 5) is 2.37. The van der Waals surface area contributed by atoms with Crippen molar-refractivity contribution in [3.8, 4) is 0 Å². The van der Waals surface area contributed by atoms with E-state index in [0.717, 1.165) is 32.6 Å². The van der Waals surface area contributed by atoms with Crippen LogP contribution in [0, 0.1) is 5.41 Å². The number of morpholine rings is 1. The molecule has 1 heterocycles. The molecule has 0 aromatic heterocycles. The molecule has 3 N–H and O–H groups in total. The Balaban J connectivity index is 2.36. The molecule has 1 saturated heterocycles. The highest BCUT2D eigenvalue weighted by molar-refractivity contribution is 4.78. The van der Waals surface area contributed by atoms with E-state index in [1.807, 2.05) is 0 Å². The summed E-state index contributed by atoms with van der Waals surface area (Å²) in [6.45, 7) is 10.1. The first kappa shape index (κ1) is 13.9. The van der Waals surface area contributed by atoms with Crippen molar-refractivity contribution in [3.63, 3.8) is 0 Å². The lowest BCUT2D eigenvalue weighted by atomic mass is 9.89. The summed E-state index contributed by atoms with van der Waals surface area (Å²) in [5.74, 6) is 0. The topological polar surface area (TPSA) is 58.7 Å². The SMILES string of the molecule is CC1CN(CCC(C)(C)CN)CC(CO)O1. The fraction of sp³-hybridized carbons (Fsp3) is 1.00. The first-order chi connectivity index (χ1) is 7.46. The summed E-state index contributed by atoms with van der Waals surface area (Å²) in [7, 11) is 0. The van der Waals surface area contributed by atoms with Gasteiger partial charge in [0, 0.05) is 13.1 Å². The predicted octanol–water partition coefficient (Wildman–Crippen LogP) is 0.443. The minimum Gasteiger partial charge on any atom is -0.394 e. The Morgan fingerprint density at radius 2 is 2.12 bits per heavy atom. The van der Waals surface area contributed by atoms with Gasteiger partial charge in [-0.1, -0.05) is 13.8 Å². The molecular formula is C12H26N2O2. The van der Waals surface area contributed by atoms with E-state index < -0.39 is 0 Å². The Morgan fingerprint density at radius 1 is 1.44 bits per heavy atom. The monoisotopic (exact) mass is 230 g/mol. The zero-order valence-corrected chi connectivity index (χ0v) is 10.8. The summed E-state index contributed by atoms with van der Waals surface area (Å²) in [5, 5.41) is 9.13. The highest BCUT2D eigenvalue weighted by atomic mass is 16.5. The quantitative estimate of drug-likeness (QED) is 0.719. The lowest BCUT2D eigenvalue weighted by Crippen LogP contribution is -2.48. The molecule has 1 aliphatic heterocycles. The second kappa shape index (κ2) is 5.96. The number of aliphatic hydroxyl groups excluding tert-OH is 1. The van der Waals surface area contributed by atoms with E-state index in [0.29, 0.717) is 0 Å². The molecule has 2 atom stereocenters. The van der Waals surface area contributed by atoms with Crippen molar-refractivity contribution in [1.82, 2.24) is 4.90 Å². The van der Waals surface area contributed by atoms with Gasteiger partial charge in [0.05, 0.1) is 18.8 Å². The smallest absolute Gasteiger partial charge is 0.0936 e. The van der Waals surface area contributed by atoms with Gasteiger partial charge in [-0.25, -0.2) is 0 Å². The highest BCUT2D eigenvalue weighted by Gasteiger charge is 2.26. The zero-order valence-electron chi connectivity index (χ0n) is 10.8. The second-order valence-corrected chi connectivity index (χ2v) is 5.63. The van der Waals surface area contributed by atoms with Crippen molar-refractivity contribution in [3.05, 3.63) is 0 Å². The van der Waals surface area contributed by atoms with Crippen LogP contribution in [-0.2, 0) is 4.74 Å². The third-order valence-corrected chi connectivity index (χ3v) is 3.26. The fourth-order valence-electron chi connectivity index (χ4n) is 1.99. The molecule has 0 radical (unpaired) electrons. The maximum Gasteiger partial charge on any atom is 0.0936 e. The predicted molar refractivity (Wildman–Crippen MR) is 65.3 cm³/mol. The number of hydrogen-bond acceptors (Lipinski definition) is 4. The lowest BCUT2D eigenvalue weighted by Gasteiger charge is -2.37. The first-order valence-corrected chi connectivity index (χ1v) is 6.15. The Hall–Kier alpha value is -0.160. The van der Waals surface area contributed by atoms with E-state index in [2.05, 4.69) is 25.7 Å². The summed E-state index contributed by atoms with van der Waals surface area (Å²) >= 11 is 0. The van der Waals surface area contributed by atoms with E-state index >= 15 is 0 Å². The minimum absolute atomic E-state index is 0.0234. The molecule has 1 rings (SSSR count). The molecule has 4 heteroatoms. The summed E-state index contributed by atoms with van der Waals surface area (Å²) in [6.07, 6.45) is 1.28.